The first-order chi connectivity index (χ1) is 14.5. The molecule has 0 bridgehead atoms. The predicted molar refractivity (Wildman–Crippen MR) is 122 cm³/mol. The van der Waals surface area contributed by atoms with Gasteiger partial charge in [0.2, 0.25) is 5.91 Å². The van der Waals surface area contributed by atoms with Gasteiger partial charge in [-0.15, -0.1) is 0 Å². The quantitative estimate of drug-likeness (QED) is 0.776. The molecule has 0 saturated carbocycles. The van der Waals surface area contributed by atoms with Crippen LogP contribution in [0.5, 0.6) is 0 Å². The molecule has 0 spiro atoms. The lowest BCUT2D eigenvalue weighted by Crippen LogP contribution is -2.43. The van der Waals surface area contributed by atoms with Crippen molar-refractivity contribution in [3.8, 4) is 0 Å². The van der Waals surface area contributed by atoms with Crippen LogP contribution < -0.4 is 5.32 Å². The highest BCUT2D eigenvalue weighted by Crippen LogP contribution is 2.36. The van der Waals surface area contributed by atoms with Crippen LogP contribution in [0.15, 0.2) is 64.6 Å². The predicted octanol–water partition coefficient (Wildman–Crippen LogP) is 4.45. The van der Waals surface area contributed by atoms with E-state index in [4.69, 9.17) is 9.98 Å². The summed E-state index contributed by atoms with van der Waals surface area (Å²) in [5, 5.41) is 3.07. The monoisotopic (exact) mass is 420 g/mol. The van der Waals surface area contributed by atoms with E-state index < -0.39 is 6.04 Å². The number of fused-ring (bicyclic) bond motifs is 3. The van der Waals surface area contributed by atoms with E-state index in [0.29, 0.717) is 17.4 Å². The topological polar surface area (TPSA) is 74.1 Å². The lowest BCUT2D eigenvalue weighted by Gasteiger charge is -2.27. The molecule has 4 rings (SSSR count). The summed E-state index contributed by atoms with van der Waals surface area (Å²) in [6, 6.07) is 16.6. The molecule has 2 unspecified atom stereocenters. The summed E-state index contributed by atoms with van der Waals surface area (Å²) in [5.41, 5.74) is 2.36. The molecule has 0 radical (unpaired) electrons. The Kier molecular flexibility index (Phi) is 5.72. The zero-order valence-electron chi connectivity index (χ0n) is 17.2. The maximum absolute atomic E-state index is 13.1. The number of nitrogens with zero attached hydrogens (tertiary/aromatic N) is 3. The first-order valence-corrected chi connectivity index (χ1v) is 11.0. The van der Waals surface area contributed by atoms with E-state index in [1.165, 1.54) is 11.8 Å². The molecule has 2 amide bonds. The lowest BCUT2D eigenvalue weighted by atomic mass is 10.1. The van der Waals surface area contributed by atoms with Gasteiger partial charge in [-0.25, -0.2) is 9.89 Å². The average Bonchev–Trinajstić information content (AvgIpc) is 3.10. The van der Waals surface area contributed by atoms with Gasteiger partial charge in [0.05, 0.1) is 10.9 Å². The minimum Gasteiger partial charge on any atom is -0.325 e. The highest BCUT2D eigenvalue weighted by Gasteiger charge is 2.43. The first kappa shape index (κ1) is 20.3. The Morgan fingerprint density at radius 2 is 1.83 bits per heavy atom. The fourth-order valence-corrected chi connectivity index (χ4v) is 4.50. The fourth-order valence-electron chi connectivity index (χ4n) is 3.48. The van der Waals surface area contributed by atoms with Crippen LogP contribution in [0.25, 0.3) is 0 Å². The third kappa shape index (κ3) is 3.77. The van der Waals surface area contributed by atoms with E-state index in [-0.39, 0.29) is 23.0 Å². The Bertz CT molecular complexity index is 1030. The van der Waals surface area contributed by atoms with Crippen LogP contribution in [-0.2, 0) is 9.59 Å². The summed E-state index contributed by atoms with van der Waals surface area (Å²) in [5.74, 6) is 0.516. The maximum Gasteiger partial charge on any atom is 0.259 e. The zero-order valence-corrected chi connectivity index (χ0v) is 18.0. The number of carbonyl (C=O) groups is 2. The Labute approximate surface area is 180 Å². The van der Waals surface area contributed by atoms with Crippen molar-refractivity contribution in [2.45, 2.75) is 38.5 Å². The number of amidine groups is 2. The molecule has 1 N–H and O–H groups in total. The van der Waals surface area contributed by atoms with Gasteiger partial charge in [-0.05, 0) is 36.6 Å². The number of carbonyl (C=O) groups excluding carboxylic acids is 2. The largest absolute Gasteiger partial charge is 0.325 e. The number of hydrogen-bond donors (Lipinski definition) is 1. The van der Waals surface area contributed by atoms with E-state index in [0.717, 1.165) is 16.9 Å². The highest BCUT2D eigenvalue weighted by molar-refractivity contribution is 8.15. The zero-order chi connectivity index (χ0) is 21.3. The third-order valence-electron chi connectivity index (χ3n) is 5.08. The number of benzene rings is 2. The van der Waals surface area contributed by atoms with Gasteiger partial charge >= 0.3 is 0 Å². The van der Waals surface area contributed by atoms with Crippen LogP contribution >= 0.6 is 11.8 Å². The molecule has 0 aromatic heterocycles. The van der Waals surface area contributed by atoms with Crippen LogP contribution in [0, 0.1) is 5.92 Å². The molecule has 2 atom stereocenters. The van der Waals surface area contributed by atoms with E-state index in [2.05, 4.69) is 5.32 Å². The molecule has 7 heteroatoms. The molecule has 2 aliphatic rings. The number of amides is 2. The van der Waals surface area contributed by atoms with Crippen LogP contribution in [0.1, 0.15) is 32.8 Å². The van der Waals surface area contributed by atoms with Crippen molar-refractivity contribution >= 4 is 46.0 Å². The van der Waals surface area contributed by atoms with Crippen molar-refractivity contribution in [2.75, 3.05) is 5.32 Å². The number of thioether (sulfide) groups is 1. The highest BCUT2D eigenvalue weighted by atomic mass is 32.2. The third-order valence-corrected chi connectivity index (χ3v) is 6.40. The molecule has 30 heavy (non-hydrogen) atoms. The van der Waals surface area contributed by atoms with E-state index in [1.807, 2.05) is 75.4 Å². The Balaban J connectivity index is 1.64. The van der Waals surface area contributed by atoms with Gasteiger partial charge in [0.15, 0.2) is 5.17 Å². The minimum atomic E-state index is -0.435. The minimum absolute atomic E-state index is 0.0809. The van der Waals surface area contributed by atoms with Crippen LogP contribution in [-0.4, -0.2) is 39.0 Å². The average molecular weight is 421 g/mol. The molecule has 2 aliphatic heterocycles. The molecule has 0 saturated heterocycles. The van der Waals surface area contributed by atoms with Crippen molar-refractivity contribution in [1.29, 1.82) is 0 Å². The van der Waals surface area contributed by atoms with Gasteiger partial charge in [0.25, 0.3) is 5.91 Å². The number of aliphatic imine (C=N–C) groups is 2. The van der Waals surface area contributed by atoms with E-state index in [9.17, 15) is 9.59 Å². The number of para-hydroxylation sites is 2. The smallest absolute Gasteiger partial charge is 0.259 e. The summed E-state index contributed by atoms with van der Waals surface area (Å²) in [4.78, 5) is 37.1. The standard InChI is InChI=1S/C23H24N4O2S/c1-4-18(21(28)24-15-10-6-5-7-11-15)30-23-25-17-13-9-8-12-16(17)20-26-19(14(2)3)22(29)27(20)23/h5-14,18-19H,4H2,1-3H3,(H,24,28). The molecule has 2 aromatic rings. The van der Waals surface area contributed by atoms with Gasteiger partial charge in [0, 0.05) is 11.3 Å². The van der Waals surface area contributed by atoms with Gasteiger partial charge in [-0.3, -0.25) is 14.6 Å². The van der Waals surface area contributed by atoms with Crippen molar-refractivity contribution in [1.82, 2.24) is 4.90 Å². The van der Waals surface area contributed by atoms with Gasteiger partial charge in [-0.1, -0.05) is 62.9 Å². The molecule has 0 fully saturated rings. The maximum atomic E-state index is 13.1. The molecule has 0 aliphatic carbocycles. The molecular weight excluding hydrogens is 396 g/mol. The second kappa shape index (κ2) is 8.44. The second-order valence-electron chi connectivity index (χ2n) is 7.60. The van der Waals surface area contributed by atoms with Crippen molar-refractivity contribution < 1.29 is 9.59 Å². The fraction of sp³-hybridized carbons (Fsp3) is 0.304. The Hall–Kier alpha value is -2.93. The Morgan fingerprint density at radius 3 is 2.53 bits per heavy atom. The summed E-state index contributed by atoms with van der Waals surface area (Å²) in [6.07, 6.45) is 0.603. The number of nitrogens with one attached hydrogen (secondary N) is 1. The number of rotatable bonds is 5. The van der Waals surface area contributed by atoms with Gasteiger partial charge in [-0.2, -0.15) is 0 Å². The van der Waals surface area contributed by atoms with E-state index in [1.54, 1.807) is 4.90 Å². The summed E-state index contributed by atoms with van der Waals surface area (Å²) in [7, 11) is 0. The second-order valence-corrected chi connectivity index (χ2v) is 8.77. The van der Waals surface area contributed by atoms with Crippen molar-refractivity contribution in [3.05, 3.63) is 60.2 Å². The first-order valence-electron chi connectivity index (χ1n) is 10.1. The van der Waals surface area contributed by atoms with Crippen molar-refractivity contribution in [3.63, 3.8) is 0 Å². The van der Waals surface area contributed by atoms with Crippen LogP contribution in [0.2, 0.25) is 0 Å². The lowest BCUT2D eigenvalue weighted by molar-refractivity contribution is -0.125. The van der Waals surface area contributed by atoms with Crippen LogP contribution in [0.3, 0.4) is 0 Å². The molecule has 2 aromatic carbocycles. The van der Waals surface area contributed by atoms with Gasteiger partial charge in [0.1, 0.15) is 11.9 Å². The number of hydrogen-bond acceptors (Lipinski definition) is 5. The van der Waals surface area contributed by atoms with Gasteiger partial charge < -0.3 is 5.32 Å². The number of anilines is 1. The normalized spacial score (nSPS) is 18.5. The SMILES string of the molecule is CCC(SC1=Nc2ccccc2C2=NC(C(C)C)C(=O)N12)C(=O)Nc1ccccc1. The summed E-state index contributed by atoms with van der Waals surface area (Å²) >= 11 is 1.31. The molecule has 6 nitrogen and oxygen atoms in total. The molecular formula is C23H24N4O2S. The van der Waals surface area contributed by atoms with Crippen LogP contribution in [0.4, 0.5) is 11.4 Å². The molecule has 154 valence electrons. The van der Waals surface area contributed by atoms with E-state index >= 15 is 0 Å². The molecule has 2 heterocycles. The Morgan fingerprint density at radius 1 is 1.13 bits per heavy atom. The van der Waals surface area contributed by atoms with Crippen molar-refractivity contribution in [2.24, 2.45) is 15.9 Å². The summed E-state index contributed by atoms with van der Waals surface area (Å²) in [6.45, 7) is 5.93. The summed E-state index contributed by atoms with van der Waals surface area (Å²) < 4.78 is 0.